The Balaban J connectivity index is 0.995. The number of aromatic carboxylic acids is 1. The number of likely N-dealkylation sites (tertiary alicyclic amines) is 1. The number of hydrogen-bond donors (Lipinski definition) is 2. The van der Waals surface area contributed by atoms with Gasteiger partial charge < -0.3 is 15.2 Å². The molecule has 1 amide bonds. The molecule has 2 bridgehead atoms. The molecule has 0 spiro atoms. The molecule has 5 aliphatic carbocycles. The van der Waals surface area contributed by atoms with Gasteiger partial charge in [0, 0.05) is 43.8 Å². The summed E-state index contributed by atoms with van der Waals surface area (Å²) in [6.45, 7) is 29.9. The van der Waals surface area contributed by atoms with Crippen LogP contribution >= 0.6 is 0 Å². The first kappa shape index (κ1) is 40.2. The van der Waals surface area contributed by atoms with E-state index in [2.05, 4.69) is 69.3 Å². The van der Waals surface area contributed by atoms with Crippen molar-refractivity contribution in [3.05, 3.63) is 53.6 Å². The Bertz CT molecular complexity index is 1750. The SMILES string of the molecule is C=C(C)[C@@H]1CC[C@]2(NCCN3CC4CCC(C3)N4C(=O)OC(C)(C)C)CC[C@]3(C)[C@H](CC[C@@H]4[C@@]5(C)CC=C(c6ccc(C(=O)O)cc6)C(C)(C)[C@@H]5CC[C@]43C)[C@@H]12. The van der Waals surface area contributed by atoms with Crippen molar-refractivity contribution < 1.29 is 19.4 Å². The summed E-state index contributed by atoms with van der Waals surface area (Å²) in [7, 11) is 0. The lowest BCUT2D eigenvalue weighted by Crippen LogP contribution is -2.68. The highest BCUT2D eigenvalue weighted by atomic mass is 16.6. The molecule has 7 aliphatic rings. The van der Waals surface area contributed by atoms with Crippen LogP contribution in [0.4, 0.5) is 4.79 Å². The van der Waals surface area contributed by atoms with E-state index >= 15 is 0 Å². The Morgan fingerprint density at radius 2 is 1.55 bits per heavy atom. The van der Waals surface area contributed by atoms with Crippen molar-refractivity contribution in [1.29, 1.82) is 0 Å². The predicted molar refractivity (Wildman–Crippen MR) is 225 cm³/mol. The summed E-state index contributed by atoms with van der Waals surface area (Å²) < 4.78 is 5.82. The molecule has 2 unspecified atom stereocenters. The lowest BCUT2D eigenvalue weighted by molar-refractivity contribution is -0.219. The molecule has 4 saturated carbocycles. The normalized spacial score (nSPS) is 41.5. The highest BCUT2D eigenvalue weighted by molar-refractivity contribution is 5.88. The van der Waals surface area contributed by atoms with Crippen LogP contribution in [0.3, 0.4) is 0 Å². The van der Waals surface area contributed by atoms with Crippen molar-refractivity contribution in [3.63, 3.8) is 0 Å². The molecule has 8 rings (SSSR count). The minimum Gasteiger partial charge on any atom is -0.478 e. The van der Waals surface area contributed by atoms with E-state index in [1.807, 2.05) is 32.9 Å². The number of nitrogens with zero attached hydrogens (tertiary/aromatic N) is 2. The van der Waals surface area contributed by atoms with Crippen LogP contribution in [0.1, 0.15) is 149 Å². The highest BCUT2D eigenvalue weighted by Gasteiger charge is 2.70. The fourth-order valence-electron chi connectivity index (χ4n) is 15.6. The number of carbonyl (C=O) groups excluding carboxylic acids is 1. The van der Waals surface area contributed by atoms with Gasteiger partial charge in [-0.05, 0) is 173 Å². The summed E-state index contributed by atoms with van der Waals surface area (Å²) in [6.07, 6.45) is 16.0. The molecule has 56 heavy (non-hydrogen) atoms. The number of nitrogens with one attached hydrogen (secondary N) is 1. The number of fused-ring (bicyclic) bond motifs is 9. The third kappa shape index (κ3) is 6.16. The molecule has 2 saturated heterocycles. The summed E-state index contributed by atoms with van der Waals surface area (Å²) in [5, 5.41) is 13.9. The van der Waals surface area contributed by atoms with Gasteiger partial charge >= 0.3 is 12.1 Å². The first-order valence-electron chi connectivity index (χ1n) is 22.4. The maximum atomic E-state index is 13.1. The zero-order valence-corrected chi connectivity index (χ0v) is 36.3. The molecule has 0 aromatic heterocycles. The largest absolute Gasteiger partial charge is 0.478 e. The maximum absolute atomic E-state index is 13.1. The number of benzene rings is 1. The molecule has 2 N–H and O–H groups in total. The minimum atomic E-state index is -0.863. The quantitative estimate of drug-likeness (QED) is 0.269. The van der Waals surface area contributed by atoms with E-state index in [9.17, 15) is 14.7 Å². The van der Waals surface area contributed by atoms with Crippen molar-refractivity contribution in [3.8, 4) is 0 Å². The van der Waals surface area contributed by atoms with E-state index in [1.54, 1.807) is 12.1 Å². The number of amides is 1. The Morgan fingerprint density at radius 3 is 2.18 bits per heavy atom. The van der Waals surface area contributed by atoms with Gasteiger partial charge in [0.15, 0.2) is 0 Å². The number of carboxylic acid groups (broad SMARTS) is 1. The van der Waals surface area contributed by atoms with E-state index in [0.717, 1.165) is 45.4 Å². The van der Waals surface area contributed by atoms with Crippen LogP contribution in [0.2, 0.25) is 0 Å². The molecule has 1 aromatic carbocycles. The molecular formula is C49H73N3O4. The van der Waals surface area contributed by atoms with Gasteiger partial charge in [0.05, 0.1) is 5.56 Å². The third-order valence-corrected chi connectivity index (χ3v) is 18.2. The van der Waals surface area contributed by atoms with Gasteiger partial charge in [-0.15, -0.1) is 0 Å². The molecule has 7 heteroatoms. The van der Waals surface area contributed by atoms with Crippen molar-refractivity contribution in [2.75, 3.05) is 26.2 Å². The number of carboxylic acids is 1. The Morgan fingerprint density at radius 1 is 0.875 bits per heavy atom. The second-order valence-corrected chi connectivity index (χ2v) is 22.2. The fourth-order valence-corrected chi connectivity index (χ4v) is 15.6. The van der Waals surface area contributed by atoms with E-state index in [0.29, 0.717) is 35.2 Å². The monoisotopic (exact) mass is 768 g/mol. The third-order valence-electron chi connectivity index (χ3n) is 18.2. The molecule has 2 aliphatic heterocycles. The van der Waals surface area contributed by atoms with Crippen LogP contribution in [0.15, 0.2) is 42.5 Å². The van der Waals surface area contributed by atoms with E-state index in [1.165, 1.54) is 68.1 Å². The molecule has 7 nitrogen and oxygen atoms in total. The second-order valence-electron chi connectivity index (χ2n) is 22.2. The molecule has 6 fully saturated rings. The van der Waals surface area contributed by atoms with Gasteiger partial charge in [0.2, 0.25) is 0 Å². The molecule has 0 radical (unpaired) electrons. The summed E-state index contributed by atoms with van der Waals surface area (Å²) in [6, 6.07) is 8.16. The molecule has 1 aromatic rings. The zero-order valence-electron chi connectivity index (χ0n) is 36.3. The Hall–Kier alpha value is -2.64. The van der Waals surface area contributed by atoms with Crippen LogP contribution in [0.25, 0.3) is 5.57 Å². The zero-order chi connectivity index (χ0) is 40.2. The van der Waals surface area contributed by atoms with Gasteiger partial charge in [-0.3, -0.25) is 9.80 Å². The van der Waals surface area contributed by atoms with Crippen LogP contribution in [0, 0.1) is 51.2 Å². The average molecular weight is 768 g/mol. The molecule has 11 atom stereocenters. The van der Waals surface area contributed by atoms with Crippen molar-refractivity contribution in [2.24, 2.45) is 51.2 Å². The number of carbonyl (C=O) groups is 2. The molecular weight excluding hydrogens is 695 g/mol. The number of allylic oxidation sites excluding steroid dienone is 3. The van der Waals surface area contributed by atoms with E-state index in [4.69, 9.17) is 4.74 Å². The molecule has 308 valence electrons. The molecule has 2 heterocycles. The smallest absolute Gasteiger partial charge is 0.410 e. The van der Waals surface area contributed by atoms with Gasteiger partial charge in [-0.1, -0.05) is 65.0 Å². The Labute approximate surface area is 338 Å². The van der Waals surface area contributed by atoms with Crippen LogP contribution in [-0.4, -0.2) is 76.4 Å². The number of rotatable bonds is 7. The van der Waals surface area contributed by atoms with Gasteiger partial charge in [0.25, 0.3) is 0 Å². The standard InChI is InChI=1S/C49H73N3O4/c1-31(2)36-19-24-49(50-27-28-51-29-34-15-16-35(30-51)52(34)43(55)56-44(3,4)5)26-25-47(9)38(41(36)49)17-18-40-46(8)22-20-37(32-11-13-33(14-12-32)42(53)54)45(6,7)39(46)21-23-48(40,47)10/h11-14,20,34-36,38-41,50H,1,15-19,21-30H2,2-10H3,(H,53,54)/t34?,35?,36-,38+,39-,40+,41+,46-,47+,48+,49-/m0/s1. The van der Waals surface area contributed by atoms with Gasteiger partial charge in [0.1, 0.15) is 5.60 Å². The number of piperazine rings is 1. The topological polar surface area (TPSA) is 82.1 Å². The van der Waals surface area contributed by atoms with Crippen LogP contribution < -0.4 is 5.32 Å². The second kappa shape index (κ2) is 13.7. The number of hydrogen-bond acceptors (Lipinski definition) is 5. The number of ether oxygens (including phenoxy) is 1. The van der Waals surface area contributed by atoms with Gasteiger partial charge in [-0.25, -0.2) is 9.59 Å². The van der Waals surface area contributed by atoms with Crippen LogP contribution in [-0.2, 0) is 4.74 Å². The van der Waals surface area contributed by atoms with Crippen molar-refractivity contribution in [1.82, 2.24) is 15.1 Å². The fraction of sp³-hybridized carbons (Fsp3) is 0.755. The van der Waals surface area contributed by atoms with Crippen molar-refractivity contribution in [2.45, 2.75) is 156 Å². The maximum Gasteiger partial charge on any atom is 0.410 e. The minimum absolute atomic E-state index is 0.0147. The average Bonchev–Trinajstić information content (AvgIpc) is 3.63. The summed E-state index contributed by atoms with van der Waals surface area (Å²) >= 11 is 0. The van der Waals surface area contributed by atoms with Crippen LogP contribution in [0.5, 0.6) is 0 Å². The van der Waals surface area contributed by atoms with E-state index < -0.39 is 11.6 Å². The summed E-state index contributed by atoms with van der Waals surface area (Å²) in [5.74, 6) is 2.31. The first-order chi connectivity index (χ1) is 26.2. The lowest BCUT2D eigenvalue weighted by Gasteiger charge is -2.72. The first-order valence-corrected chi connectivity index (χ1v) is 22.4. The Kier molecular flexibility index (Phi) is 9.83. The van der Waals surface area contributed by atoms with Gasteiger partial charge in [-0.2, -0.15) is 0 Å². The summed E-state index contributed by atoms with van der Waals surface area (Å²) in [4.78, 5) is 29.4. The van der Waals surface area contributed by atoms with Crippen molar-refractivity contribution >= 4 is 17.6 Å². The van der Waals surface area contributed by atoms with E-state index in [-0.39, 0.29) is 45.4 Å². The summed E-state index contributed by atoms with van der Waals surface area (Å²) in [5.41, 5.74) is 4.87. The highest BCUT2D eigenvalue weighted by Crippen LogP contribution is 2.76. The lowest BCUT2D eigenvalue weighted by atomic mass is 9.33. The predicted octanol–water partition coefficient (Wildman–Crippen LogP) is 10.5.